The largest absolute Gasteiger partial charge is 0.459 e. The van der Waals surface area contributed by atoms with Crippen molar-refractivity contribution in [3.63, 3.8) is 0 Å². The molecule has 0 spiro atoms. The van der Waals surface area contributed by atoms with Crippen LogP contribution in [0.2, 0.25) is 0 Å². The number of aromatic nitrogens is 2. The van der Waals surface area contributed by atoms with Gasteiger partial charge in [0, 0.05) is 0 Å². The molecule has 4 rings (SSSR count). The van der Waals surface area contributed by atoms with Gasteiger partial charge in [-0.3, -0.25) is 0 Å². The number of hydrogen-bond donors (Lipinski definition) is 0. The lowest BCUT2D eigenvalue weighted by molar-refractivity contribution is -0.634. The van der Waals surface area contributed by atoms with Crippen molar-refractivity contribution < 1.29 is 14.1 Å². The van der Waals surface area contributed by atoms with Crippen molar-refractivity contribution >= 4 is 17.0 Å². The summed E-state index contributed by atoms with van der Waals surface area (Å²) in [7, 11) is 2.06. The minimum absolute atomic E-state index is 0.0250. The van der Waals surface area contributed by atoms with Crippen LogP contribution in [0.15, 0.2) is 54.6 Å². The molecule has 1 fully saturated rings. The highest BCUT2D eigenvalue weighted by atomic mass is 16.5. The summed E-state index contributed by atoms with van der Waals surface area (Å²) in [5.41, 5.74) is 3.25. The number of para-hydroxylation sites is 2. The molecular formula is C26H33N2O2+. The van der Waals surface area contributed by atoms with Gasteiger partial charge in [0.2, 0.25) is 0 Å². The summed E-state index contributed by atoms with van der Waals surface area (Å²) in [5, 5.41) is 0. The van der Waals surface area contributed by atoms with Crippen LogP contribution in [0.3, 0.4) is 0 Å². The van der Waals surface area contributed by atoms with Crippen molar-refractivity contribution in [1.29, 1.82) is 0 Å². The van der Waals surface area contributed by atoms with Crippen LogP contribution < -0.4 is 4.57 Å². The zero-order valence-corrected chi connectivity index (χ0v) is 18.5. The van der Waals surface area contributed by atoms with Crippen molar-refractivity contribution in [3.05, 3.63) is 54.6 Å². The summed E-state index contributed by atoms with van der Waals surface area (Å²) in [5.74, 6) is 2.48. The maximum atomic E-state index is 13.1. The quantitative estimate of drug-likeness (QED) is 0.435. The summed E-state index contributed by atoms with van der Waals surface area (Å²) in [6, 6.07) is 18.5. The molecule has 0 amide bonds. The van der Waals surface area contributed by atoms with Crippen LogP contribution in [0.1, 0.15) is 40.0 Å². The second-order valence-electron chi connectivity index (χ2n) is 9.18. The van der Waals surface area contributed by atoms with E-state index in [1.54, 1.807) is 0 Å². The van der Waals surface area contributed by atoms with E-state index in [1.807, 2.05) is 30.3 Å². The summed E-state index contributed by atoms with van der Waals surface area (Å²) in [6.07, 6.45) is 3.37. The number of fused-ring (bicyclic) bond motifs is 1. The van der Waals surface area contributed by atoms with Crippen LogP contribution in [0.5, 0.6) is 0 Å². The van der Waals surface area contributed by atoms with Crippen molar-refractivity contribution in [2.45, 2.75) is 52.7 Å². The average Bonchev–Trinajstić information content (AvgIpc) is 3.00. The first kappa shape index (κ1) is 20.6. The van der Waals surface area contributed by atoms with Crippen molar-refractivity contribution in [2.24, 2.45) is 24.8 Å². The van der Waals surface area contributed by atoms with Gasteiger partial charge in [0.15, 0.2) is 17.6 Å². The number of carbonyl (C=O) groups is 1. The van der Waals surface area contributed by atoms with Crippen LogP contribution in [0, 0.1) is 17.8 Å². The predicted molar refractivity (Wildman–Crippen MR) is 120 cm³/mol. The van der Waals surface area contributed by atoms with Gasteiger partial charge in [0.1, 0.15) is 6.10 Å². The van der Waals surface area contributed by atoms with Crippen LogP contribution in [0.25, 0.3) is 22.4 Å². The Balaban J connectivity index is 1.66. The van der Waals surface area contributed by atoms with Gasteiger partial charge in [-0.05, 0) is 54.9 Å². The van der Waals surface area contributed by atoms with Crippen LogP contribution in [-0.2, 0) is 23.1 Å². The van der Waals surface area contributed by atoms with Crippen molar-refractivity contribution in [3.8, 4) is 11.4 Å². The van der Waals surface area contributed by atoms with Crippen LogP contribution in [0.4, 0.5) is 0 Å². The van der Waals surface area contributed by atoms with Gasteiger partial charge < -0.3 is 4.74 Å². The summed E-state index contributed by atoms with van der Waals surface area (Å²) in [4.78, 5) is 13.1. The molecular weight excluding hydrogens is 372 g/mol. The Morgan fingerprint density at radius 2 is 1.80 bits per heavy atom. The third-order valence-electron chi connectivity index (χ3n) is 6.67. The van der Waals surface area contributed by atoms with E-state index < -0.39 is 0 Å². The lowest BCUT2D eigenvalue weighted by atomic mass is 9.75. The lowest BCUT2D eigenvalue weighted by Crippen LogP contribution is -2.37. The number of nitrogens with zero attached hydrogens (tertiary/aromatic N) is 2. The molecule has 1 unspecified atom stereocenters. The van der Waals surface area contributed by atoms with E-state index in [4.69, 9.17) is 4.74 Å². The third-order valence-corrected chi connectivity index (χ3v) is 6.67. The fourth-order valence-corrected chi connectivity index (χ4v) is 5.07. The molecule has 1 aromatic heterocycles. The molecule has 1 aliphatic carbocycles. The monoisotopic (exact) mass is 405 g/mol. The van der Waals surface area contributed by atoms with Gasteiger partial charge in [-0.15, -0.1) is 0 Å². The Morgan fingerprint density at radius 3 is 2.53 bits per heavy atom. The smallest absolute Gasteiger partial charge is 0.348 e. The molecule has 0 bridgehead atoms. The molecule has 0 N–H and O–H groups in total. The van der Waals surface area contributed by atoms with Crippen LogP contribution >= 0.6 is 0 Å². The van der Waals surface area contributed by atoms with Gasteiger partial charge in [-0.2, -0.15) is 0 Å². The number of carbonyl (C=O) groups excluding carboxylic acids is 1. The van der Waals surface area contributed by atoms with E-state index in [9.17, 15) is 4.79 Å². The average molecular weight is 406 g/mol. The maximum absolute atomic E-state index is 13.1. The standard InChI is InChI=1S/C26H33N2O2/c1-18(2)21-15-14-19(3)16-24(21)30-25(29)17-28-23-13-9-8-12-22(23)27(4)26(28)20-10-6-5-7-11-20/h5-13,18-19,21,24H,14-17H2,1-4H3/q+1/t19-,21?,24-/m1/s1. The first-order valence-electron chi connectivity index (χ1n) is 11.2. The predicted octanol–water partition coefficient (Wildman–Crippen LogP) is 5.14. The molecule has 0 aliphatic heterocycles. The molecule has 3 aromatic rings. The Bertz CT molecular complexity index is 1020. The maximum Gasteiger partial charge on any atom is 0.348 e. The number of rotatable bonds is 5. The topological polar surface area (TPSA) is 35.1 Å². The molecule has 2 aromatic carbocycles. The Hall–Kier alpha value is -2.62. The molecule has 158 valence electrons. The Morgan fingerprint density at radius 1 is 1.10 bits per heavy atom. The van der Waals surface area contributed by atoms with Gasteiger partial charge in [-0.25, -0.2) is 13.9 Å². The highest BCUT2D eigenvalue weighted by Gasteiger charge is 2.34. The molecule has 0 saturated heterocycles. The number of esters is 1. The zero-order chi connectivity index (χ0) is 21.3. The lowest BCUT2D eigenvalue weighted by Gasteiger charge is -2.36. The molecule has 1 saturated carbocycles. The number of imidazole rings is 1. The molecule has 4 nitrogen and oxygen atoms in total. The number of benzene rings is 2. The van der Waals surface area contributed by atoms with Gasteiger partial charge >= 0.3 is 5.97 Å². The molecule has 30 heavy (non-hydrogen) atoms. The van der Waals surface area contributed by atoms with E-state index in [0.29, 0.717) is 17.8 Å². The fourth-order valence-electron chi connectivity index (χ4n) is 5.07. The van der Waals surface area contributed by atoms with Gasteiger partial charge in [0.25, 0.3) is 5.82 Å². The molecule has 1 heterocycles. The van der Waals surface area contributed by atoms with Crippen molar-refractivity contribution in [1.82, 2.24) is 4.57 Å². The minimum Gasteiger partial charge on any atom is -0.459 e. The fraction of sp³-hybridized carbons (Fsp3) is 0.462. The van der Waals surface area contributed by atoms with E-state index in [-0.39, 0.29) is 18.6 Å². The third kappa shape index (κ3) is 4.00. The molecule has 4 heteroatoms. The van der Waals surface area contributed by atoms with Crippen LogP contribution in [-0.4, -0.2) is 16.6 Å². The van der Waals surface area contributed by atoms with E-state index >= 15 is 0 Å². The molecule has 0 radical (unpaired) electrons. The SMILES string of the molecule is CC(C)C1CC[C@@H](C)C[C@H]1OC(=O)Cn1c(-c2ccccc2)[n+](C)c2ccccc21. The summed E-state index contributed by atoms with van der Waals surface area (Å²) < 4.78 is 10.4. The molecule has 1 aliphatic rings. The number of hydrogen-bond acceptors (Lipinski definition) is 2. The Labute approximate surface area is 179 Å². The summed E-state index contributed by atoms with van der Waals surface area (Å²) in [6.45, 7) is 6.98. The van der Waals surface area contributed by atoms with Gasteiger partial charge in [-0.1, -0.05) is 57.5 Å². The first-order valence-corrected chi connectivity index (χ1v) is 11.2. The second-order valence-corrected chi connectivity index (χ2v) is 9.18. The molecule has 3 atom stereocenters. The summed E-state index contributed by atoms with van der Waals surface area (Å²) >= 11 is 0. The normalized spacial score (nSPS) is 21.8. The van der Waals surface area contributed by atoms with Crippen molar-refractivity contribution in [2.75, 3.05) is 0 Å². The highest BCUT2D eigenvalue weighted by Crippen LogP contribution is 2.35. The zero-order valence-electron chi connectivity index (χ0n) is 18.5. The highest BCUT2D eigenvalue weighted by molar-refractivity contribution is 5.79. The van der Waals surface area contributed by atoms with E-state index in [2.05, 4.69) is 61.2 Å². The number of ether oxygens (including phenoxy) is 1. The van der Waals surface area contributed by atoms with Gasteiger partial charge in [0.05, 0.1) is 12.6 Å². The Kier molecular flexibility index (Phi) is 5.94. The van der Waals surface area contributed by atoms with E-state index in [0.717, 1.165) is 35.3 Å². The van der Waals surface area contributed by atoms with E-state index in [1.165, 1.54) is 6.42 Å². The minimum atomic E-state index is -0.140. The first-order chi connectivity index (χ1) is 14.5. The second kappa shape index (κ2) is 8.63. The number of aryl methyl sites for hydroxylation is 1.